The molecule has 1 saturated heterocycles. The number of likely N-dealkylation sites (N-methyl/N-ethyl adjacent to an activating group) is 1. The van der Waals surface area contributed by atoms with Gasteiger partial charge in [0.1, 0.15) is 5.75 Å². The highest BCUT2D eigenvalue weighted by molar-refractivity contribution is 6.07. The van der Waals surface area contributed by atoms with Crippen LogP contribution in [0, 0.1) is 0 Å². The fraction of sp³-hybridized carbons (Fsp3) is 0.417. The predicted octanol–water partition coefficient (Wildman–Crippen LogP) is 3.66. The van der Waals surface area contributed by atoms with E-state index in [0.717, 1.165) is 44.7 Å². The van der Waals surface area contributed by atoms with E-state index in [1.165, 1.54) is 7.11 Å². The van der Waals surface area contributed by atoms with Crippen LogP contribution in [-0.2, 0) is 4.74 Å². The van der Waals surface area contributed by atoms with Crippen LogP contribution in [0.3, 0.4) is 0 Å². The van der Waals surface area contributed by atoms with Crippen molar-refractivity contribution in [3.05, 3.63) is 53.6 Å². The second-order valence-electron chi connectivity index (χ2n) is 7.70. The summed E-state index contributed by atoms with van der Waals surface area (Å²) in [6.45, 7) is 6.28. The van der Waals surface area contributed by atoms with E-state index in [1.807, 2.05) is 18.2 Å². The minimum Gasteiger partial charge on any atom is -0.494 e. The number of esters is 1. The fourth-order valence-electron chi connectivity index (χ4n) is 3.46. The highest BCUT2D eigenvalue weighted by atomic mass is 16.5. The molecule has 1 fully saturated rings. The molecule has 1 aliphatic rings. The molecule has 3 rings (SSSR count). The zero-order valence-electron chi connectivity index (χ0n) is 18.5. The van der Waals surface area contributed by atoms with Crippen LogP contribution in [0.25, 0.3) is 0 Å². The molecule has 0 bridgehead atoms. The zero-order chi connectivity index (χ0) is 22.2. The number of hydrogen-bond donors (Lipinski definition) is 1. The number of hydrogen-bond acceptors (Lipinski definition) is 6. The summed E-state index contributed by atoms with van der Waals surface area (Å²) in [5.74, 6) is -0.0196. The summed E-state index contributed by atoms with van der Waals surface area (Å²) in [6, 6.07) is 12.4. The Morgan fingerprint density at radius 2 is 1.81 bits per heavy atom. The quantitative estimate of drug-likeness (QED) is 0.514. The number of piperazine rings is 1. The standard InChI is InChI=1S/C24H31N3O4/c1-4-5-15-31-20-8-6-7-18(16-20)23(28)25-21-17-19(24(29)30-3)9-10-22(21)27-13-11-26(2)12-14-27/h6-10,16-17H,4-5,11-15H2,1-3H3,(H,25,28). The molecule has 7 nitrogen and oxygen atoms in total. The topological polar surface area (TPSA) is 71.1 Å². The minimum atomic E-state index is -0.438. The molecule has 166 valence electrons. The van der Waals surface area contributed by atoms with Crippen LogP contribution in [0.2, 0.25) is 0 Å². The molecular weight excluding hydrogens is 394 g/mol. The van der Waals surface area contributed by atoms with Crippen LogP contribution >= 0.6 is 0 Å². The van der Waals surface area contributed by atoms with Crippen LogP contribution in [0.5, 0.6) is 5.75 Å². The van der Waals surface area contributed by atoms with Gasteiger partial charge in [0.05, 0.1) is 30.7 Å². The number of nitrogens with zero attached hydrogens (tertiary/aromatic N) is 2. The van der Waals surface area contributed by atoms with Crippen molar-refractivity contribution < 1.29 is 19.1 Å². The summed E-state index contributed by atoms with van der Waals surface area (Å²) in [6.07, 6.45) is 2.01. The first-order valence-electron chi connectivity index (χ1n) is 10.7. The summed E-state index contributed by atoms with van der Waals surface area (Å²) >= 11 is 0. The van der Waals surface area contributed by atoms with Crippen molar-refractivity contribution in [1.82, 2.24) is 4.90 Å². The average Bonchev–Trinajstić information content (AvgIpc) is 2.79. The highest BCUT2D eigenvalue weighted by Gasteiger charge is 2.20. The van der Waals surface area contributed by atoms with E-state index in [1.54, 1.807) is 24.3 Å². The molecule has 1 amide bonds. The first-order chi connectivity index (χ1) is 15.0. The van der Waals surface area contributed by atoms with E-state index in [0.29, 0.717) is 29.2 Å². The minimum absolute atomic E-state index is 0.252. The Hall–Kier alpha value is -3.06. The predicted molar refractivity (Wildman–Crippen MR) is 122 cm³/mol. The summed E-state index contributed by atoms with van der Waals surface area (Å²) < 4.78 is 10.6. The summed E-state index contributed by atoms with van der Waals surface area (Å²) in [4.78, 5) is 29.6. The lowest BCUT2D eigenvalue weighted by molar-refractivity contribution is 0.0600. The van der Waals surface area contributed by atoms with Crippen molar-refractivity contribution >= 4 is 23.3 Å². The lowest BCUT2D eigenvalue weighted by Crippen LogP contribution is -2.44. The number of benzene rings is 2. The van der Waals surface area contributed by atoms with Crippen LogP contribution in [-0.4, -0.2) is 63.7 Å². The lowest BCUT2D eigenvalue weighted by atomic mass is 10.1. The number of rotatable bonds is 8. The first-order valence-corrected chi connectivity index (χ1v) is 10.7. The van der Waals surface area contributed by atoms with Gasteiger partial charge in [-0.05, 0) is 49.9 Å². The summed E-state index contributed by atoms with van der Waals surface area (Å²) in [5, 5.41) is 2.99. The number of carbonyl (C=O) groups is 2. The number of anilines is 2. The van der Waals surface area contributed by atoms with E-state index < -0.39 is 5.97 Å². The SMILES string of the molecule is CCCCOc1cccc(C(=O)Nc2cc(C(=O)OC)ccc2N2CCN(C)CC2)c1. The Labute approximate surface area is 183 Å². The number of ether oxygens (including phenoxy) is 2. The van der Waals surface area contributed by atoms with Gasteiger partial charge in [-0.15, -0.1) is 0 Å². The van der Waals surface area contributed by atoms with Crippen molar-refractivity contribution in [3.8, 4) is 5.75 Å². The normalized spacial score (nSPS) is 14.2. The zero-order valence-corrected chi connectivity index (χ0v) is 18.5. The van der Waals surface area contributed by atoms with Gasteiger partial charge in [0.15, 0.2) is 0 Å². The van der Waals surface area contributed by atoms with Gasteiger partial charge < -0.3 is 24.6 Å². The number of amides is 1. The van der Waals surface area contributed by atoms with Crippen LogP contribution in [0.15, 0.2) is 42.5 Å². The third kappa shape index (κ3) is 5.98. The Morgan fingerprint density at radius 3 is 2.52 bits per heavy atom. The molecule has 7 heteroatoms. The van der Waals surface area contributed by atoms with Crippen molar-refractivity contribution in [1.29, 1.82) is 0 Å². The summed E-state index contributed by atoms with van der Waals surface area (Å²) in [5.41, 5.74) is 2.38. The number of unbranched alkanes of at least 4 members (excludes halogenated alkanes) is 1. The molecule has 2 aromatic rings. The number of nitrogens with one attached hydrogen (secondary N) is 1. The second-order valence-corrected chi connectivity index (χ2v) is 7.70. The fourth-order valence-corrected chi connectivity index (χ4v) is 3.46. The van der Waals surface area contributed by atoms with Crippen LogP contribution in [0.1, 0.15) is 40.5 Å². The number of methoxy groups -OCH3 is 1. The molecule has 0 saturated carbocycles. The van der Waals surface area contributed by atoms with Gasteiger partial charge in [-0.2, -0.15) is 0 Å². The molecule has 1 heterocycles. The molecule has 1 aliphatic heterocycles. The maximum atomic E-state index is 13.0. The Balaban J connectivity index is 1.83. The van der Waals surface area contributed by atoms with Crippen molar-refractivity contribution in [3.63, 3.8) is 0 Å². The molecule has 2 aromatic carbocycles. The average molecular weight is 426 g/mol. The Morgan fingerprint density at radius 1 is 1.03 bits per heavy atom. The summed E-state index contributed by atoms with van der Waals surface area (Å²) in [7, 11) is 3.44. The molecule has 0 aromatic heterocycles. The van der Waals surface area contributed by atoms with Gasteiger partial charge in [-0.1, -0.05) is 19.4 Å². The van der Waals surface area contributed by atoms with E-state index in [4.69, 9.17) is 9.47 Å². The van der Waals surface area contributed by atoms with Gasteiger partial charge >= 0.3 is 5.97 Å². The molecule has 0 atom stereocenters. The largest absolute Gasteiger partial charge is 0.494 e. The molecule has 0 radical (unpaired) electrons. The van der Waals surface area contributed by atoms with Crippen molar-refractivity contribution in [2.45, 2.75) is 19.8 Å². The van der Waals surface area contributed by atoms with Crippen molar-refractivity contribution in [2.75, 3.05) is 57.2 Å². The lowest BCUT2D eigenvalue weighted by Gasteiger charge is -2.35. The van der Waals surface area contributed by atoms with E-state index >= 15 is 0 Å². The van der Waals surface area contributed by atoms with Crippen LogP contribution < -0.4 is 15.0 Å². The third-order valence-corrected chi connectivity index (χ3v) is 5.37. The van der Waals surface area contributed by atoms with Gasteiger partial charge in [0.2, 0.25) is 0 Å². The first kappa shape index (κ1) is 22.6. The molecule has 0 aliphatic carbocycles. The Kier molecular flexibility index (Phi) is 7.89. The smallest absolute Gasteiger partial charge is 0.337 e. The molecule has 0 unspecified atom stereocenters. The maximum absolute atomic E-state index is 13.0. The van der Waals surface area contributed by atoms with Gasteiger partial charge in [0.25, 0.3) is 5.91 Å². The second kappa shape index (κ2) is 10.8. The van der Waals surface area contributed by atoms with Gasteiger partial charge in [-0.25, -0.2) is 4.79 Å². The number of carbonyl (C=O) groups excluding carboxylic acids is 2. The van der Waals surface area contributed by atoms with Gasteiger partial charge in [-0.3, -0.25) is 4.79 Å². The van der Waals surface area contributed by atoms with Crippen molar-refractivity contribution in [2.24, 2.45) is 0 Å². The monoisotopic (exact) mass is 425 g/mol. The molecule has 1 N–H and O–H groups in total. The molecular formula is C24H31N3O4. The third-order valence-electron chi connectivity index (χ3n) is 5.37. The molecule has 31 heavy (non-hydrogen) atoms. The van der Waals surface area contributed by atoms with E-state index in [-0.39, 0.29) is 5.91 Å². The maximum Gasteiger partial charge on any atom is 0.337 e. The van der Waals surface area contributed by atoms with Crippen LogP contribution in [0.4, 0.5) is 11.4 Å². The van der Waals surface area contributed by atoms with E-state index in [9.17, 15) is 9.59 Å². The Bertz CT molecular complexity index is 907. The highest BCUT2D eigenvalue weighted by Crippen LogP contribution is 2.29. The van der Waals surface area contributed by atoms with Gasteiger partial charge in [0, 0.05) is 31.7 Å². The van der Waals surface area contributed by atoms with E-state index in [2.05, 4.69) is 29.1 Å². The molecule has 0 spiro atoms.